The Balaban J connectivity index is 1.48. The molecule has 27 heavy (non-hydrogen) atoms. The summed E-state index contributed by atoms with van der Waals surface area (Å²) in [4.78, 5) is 26.8. The van der Waals surface area contributed by atoms with Gasteiger partial charge in [0.15, 0.2) is 13.1 Å². The zero-order chi connectivity index (χ0) is 19.1. The van der Waals surface area contributed by atoms with E-state index in [1.807, 2.05) is 0 Å². The third-order valence-electron chi connectivity index (χ3n) is 4.75. The molecule has 0 aromatic heterocycles. The molecule has 2 amide bonds. The number of carbonyl (C=O) groups is 2. The predicted molar refractivity (Wildman–Crippen MR) is 101 cm³/mol. The van der Waals surface area contributed by atoms with Gasteiger partial charge in [0.1, 0.15) is 26.2 Å². The SMILES string of the molecule is O=C(C[NH+]1CCOCC1)Nc1ccc(NC(=O)C[NH+]2CCOCC2)c(Cl)c1. The Hall–Kier alpha value is -1.71. The molecule has 2 saturated heterocycles. The van der Waals surface area contributed by atoms with Crippen LogP contribution >= 0.6 is 11.6 Å². The number of amides is 2. The summed E-state index contributed by atoms with van der Waals surface area (Å²) in [6, 6.07) is 5.12. The van der Waals surface area contributed by atoms with Crippen molar-refractivity contribution in [3.8, 4) is 0 Å². The lowest BCUT2D eigenvalue weighted by molar-refractivity contribution is -0.899. The summed E-state index contributed by atoms with van der Waals surface area (Å²) in [5.74, 6) is -0.142. The number of carbonyl (C=O) groups excluding carboxylic acids is 2. The lowest BCUT2D eigenvalue weighted by Gasteiger charge is -2.23. The Kier molecular flexibility index (Phi) is 7.42. The summed E-state index contributed by atoms with van der Waals surface area (Å²) in [5.41, 5.74) is 1.17. The second-order valence-electron chi connectivity index (χ2n) is 6.87. The lowest BCUT2D eigenvalue weighted by atomic mass is 10.2. The maximum Gasteiger partial charge on any atom is 0.279 e. The van der Waals surface area contributed by atoms with Crippen molar-refractivity contribution < 1.29 is 28.9 Å². The van der Waals surface area contributed by atoms with Crippen molar-refractivity contribution in [3.63, 3.8) is 0 Å². The van der Waals surface area contributed by atoms with Crippen LogP contribution in [0.1, 0.15) is 0 Å². The van der Waals surface area contributed by atoms with Gasteiger partial charge in [-0.25, -0.2) is 0 Å². The summed E-state index contributed by atoms with van der Waals surface area (Å²) in [5, 5.41) is 6.10. The van der Waals surface area contributed by atoms with Crippen LogP contribution in [0.2, 0.25) is 5.02 Å². The van der Waals surface area contributed by atoms with Crippen molar-refractivity contribution in [3.05, 3.63) is 23.2 Å². The second kappa shape index (κ2) is 10.0. The minimum absolute atomic E-state index is 0.0596. The lowest BCUT2D eigenvalue weighted by Crippen LogP contribution is -3.15. The molecule has 0 spiro atoms. The molecule has 9 heteroatoms. The Morgan fingerprint density at radius 3 is 1.93 bits per heavy atom. The van der Waals surface area contributed by atoms with Crippen LogP contribution in [0.5, 0.6) is 0 Å². The standard InChI is InChI=1S/C18H25ClN4O4/c19-15-11-14(20-17(24)12-22-3-7-26-8-4-22)1-2-16(15)21-18(25)13-23-5-9-27-10-6-23/h1-2,11H,3-10,12-13H2,(H,20,24)(H,21,25)/p+2. The molecule has 148 valence electrons. The third kappa shape index (κ3) is 6.44. The molecule has 2 heterocycles. The Labute approximate surface area is 163 Å². The fraction of sp³-hybridized carbons (Fsp3) is 0.556. The number of nitrogens with one attached hydrogen (secondary N) is 4. The maximum absolute atomic E-state index is 12.2. The van der Waals surface area contributed by atoms with Gasteiger partial charge < -0.3 is 29.9 Å². The molecule has 1 aromatic carbocycles. The van der Waals surface area contributed by atoms with Crippen molar-refractivity contribution in [2.75, 3.05) is 76.3 Å². The van der Waals surface area contributed by atoms with E-state index in [1.54, 1.807) is 18.2 Å². The molecule has 4 N–H and O–H groups in total. The average Bonchev–Trinajstić information content (AvgIpc) is 2.65. The topological polar surface area (TPSA) is 85.5 Å². The molecular formula is C18H27ClN4O4+2. The van der Waals surface area contributed by atoms with E-state index in [0.717, 1.165) is 26.2 Å². The van der Waals surface area contributed by atoms with Crippen LogP contribution in [-0.4, -0.2) is 77.5 Å². The number of morpholine rings is 2. The molecule has 2 aliphatic heterocycles. The molecule has 0 aliphatic carbocycles. The van der Waals surface area contributed by atoms with E-state index < -0.39 is 0 Å². The first kappa shape index (κ1) is 20.0. The van der Waals surface area contributed by atoms with Crippen molar-refractivity contribution in [2.45, 2.75) is 0 Å². The highest BCUT2D eigenvalue weighted by atomic mass is 35.5. The van der Waals surface area contributed by atoms with E-state index in [0.29, 0.717) is 55.9 Å². The molecule has 0 bridgehead atoms. The van der Waals surface area contributed by atoms with Crippen LogP contribution in [0.3, 0.4) is 0 Å². The fourth-order valence-electron chi connectivity index (χ4n) is 3.22. The molecule has 0 atom stereocenters. The van der Waals surface area contributed by atoms with Crippen LogP contribution in [-0.2, 0) is 19.1 Å². The zero-order valence-electron chi connectivity index (χ0n) is 15.3. The molecular weight excluding hydrogens is 372 g/mol. The Morgan fingerprint density at radius 1 is 0.889 bits per heavy atom. The largest absolute Gasteiger partial charge is 0.370 e. The molecule has 2 fully saturated rings. The summed E-state index contributed by atoms with van der Waals surface area (Å²) in [7, 11) is 0. The Morgan fingerprint density at radius 2 is 1.41 bits per heavy atom. The van der Waals surface area contributed by atoms with E-state index in [2.05, 4.69) is 10.6 Å². The number of ether oxygens (including phenoxy) is 2. The fourth-order valence-corrected chi connectivity index (χ4v) is 3.45. The first-order valence-electron chi connectivity index (χ1n) is 9.32. The van der Waals surface area contributed by atoms with Gasteiger partial charge in [0.2, 0.25) is 0 Å². The second-order valence-corrected chi connectivity index (χ2v) is 7.28. The van der Waals surface area contributed by atoms with Gasteiger partial charge in [0.05, 0.1) is 37.1 Å². The van der Waals surface area contributed by atoms with Crippen molar-refractivity contribution in [2.24, 2.45) is 0 Å². The van der Waals surface area contributed by atoms with Gasteiger partial charge in [-0.15, -0.1) is 0 Å². The van der Waals surface area contributed by atoms with E-state index in [1.165, 1.54) is 9.80 Å². The minimum atomic E-state index is -0.0819. The smallest absolute Gasteiger partial charge is 0.279 e. The van der Waals surface area contributed by atoms with Crippen molar-refractivity contribution in [1.82, 2.24) is 0 Å². The van der Waals surface area contributed by atoms with Gasteiger partial charge in [-0.1, -0.05) is 11.6 Å². The molecule has 8 nitrogen and oxygen atoms in total. The van der Waals surface area contributed by atoms with Gasteiger partial charge in [-0.3, -0.25) is 9.59 Å². The van der Waals surface area contributed by atoms with Gasteiger partial charge in [0.25, 0.3) is 11.8 Å². The maximum atomic E-state index is 12.2. The highest BCUT2D eigenvalue weighted by molar-refractivity contribution is 6.34. The van der Waals surface area contributed by atoms with Crippen molar-refractivity contribution >= 4 is 34.8 Å². The summed E-state index contributed by atoms with van der Waals surface area (Å²) < 4.78 is 10.6. The van der Waals surface area contributed by atoms with Crippen LogP contribution in [0, 0.1) is 0 Å². The van der Waals surface area contributed by atoms with Gasteiger partial charge in [0, 0.05) is 5.69 Å². The van der Waals surface area contributed by atoms with E-state index in [-0.39, 0.29) is 11.8 Å². The number of rotatable bonds is 6. The third-order valence-corrected chi connectivity index (χ3v) is 5.06. The molecule has 3 rings (SSSR count). The summed E-state index contributed by atoms with van der Waals surface area (Å²) >= 11 is 6.28. The highest BCUT2D eigenvalue weighted by Crippen LogP contribution is 2.25. The number of halogens is 1. The van der Waals surface area contributed by atoms with Gasteiger partial charge >= 0.3 is 0 Å². The van der Waals surface area contributed by atoms with Crippen molar-refractivity contribution in [1.29, 1.82) is 0 Å². The first-order chi connectivity index (χ1) is 13.1. The highest BCUT2D eigenvalue weighted by Gasteiger charge is 2.19. The first-order valence-corrected chi connectivity index (χ1v) is 9.70. The average molecular weight is 399 g/mol. The van der Waals surface area contributed by atoms with Crippen LogP contribution in [0.15, 0.2) is 18.2 Å². The van der Waals surface area contributed by atoms with Gasteiger partial charge in [-0.05, 0) is 18.2 Å². The van der Waals surface area contributed by atoms with Crippen LogP contribution in [0.4, 0.5) is 11.4 Å². The summed E-state index contributed by atoms with van der Waals surface area (Å²) in [6.45, 7) is 6.88. The quantitative estimate of drug-likeness (QED) is 0.448. The number of hydrogen-bond acceptors (Lipinski definition) is 4. The number of hydrogen-bond donors (Lipinski definition) is 4. The monoisotopic (exact) mass is 398 g/mol. The Bertz CT molecular complexity index is 661. The van der Waals surface area contributed by atoms with E-state index in [9.17, 15) is 9.59 Å². The normalized spacial score (nSPS) is 18.9. The predicted octanol–water partition coefficient (Wildman–Crippen LogP) is -1.95. The van der Waals surface area contributed by atoms with E-state index >= 15 is 0 Å². The summed E-state index contributed by atoms with van der Waals surface area (Å²) in [6.07, 6.45) is 0. The molecule has 2 aliphatic rings. The molecule has 0 radical (unpaired) electrons. The molecule has 0 unspecified atom stereocenters. The minimum Gasteiger partial charge on any atom is -0.370 e. The number of anilines is 2. The van der Waals surface area contributed by atoms with E-state index in [4.69, 9.17) is 21.1 Å². The van der Waals surface area contributed by atoms with Crippen LogP contribution < -0.4 is 20.4 Å². The van der Waals surface area contributed by atoms with Crippen LogP contribution in [0.25, 0.3) is 0 Å². The molecule has 0 saturated carbocycles. The van der Waals surface area contributed by atoms with Gasteiger partial charge in [-0.2, -0.15) is 0 Å². The molecule has 1 aromatic rings. The number of benzene rings is 1. The number of quaternary nitrogens is 2. The zero-order valence-corrected chi connectivity index (χ0v) is 16.1.